The fraction of sp³-hybridized carbons (Fsp3) is 0.842. The van der Waals surface area contributed by atoms with E-state index in [1.807, 2.05) is 0 Å². The van der Waals surface area contributed by atoms with Crippen LogP contribution in [0.2, 0.25) is 0 Å². The van der Waals surface area contributed by atoms with Crippen LogP contribution in [0, 0.1) is 10.1 Å². The van der Waals surface area contributed by atoms with Gasteiger partial charge in [0.1, 0.15) is 23.3 Å². The summed E-state index contributed by atoms with van der Waals surface area (Å²) in [6.07, 6.45) is -0.536. The molecule has 1 N–H and O–H groups in total. The summed E-state index contributed by atoms with van der Waals surface area (Å²) in [5.74, 6) is -0.867. The first kappa shape index (κ1) is 25.4. The summed E-state index contributed by atoms with van der Waals surface area (Å²) in [5, 5.41) is 12.1. The summed E-state index contributed by atoms with van der Waals surface area (Å²) < 4.78 is 10.5. The summed E-state index contributed by atoms with van der Waals surface area (Å²) in [5.41, 5.74) is -1.50. The van der Waals surface area contributed by atoms with Gasteiger partial charge in [-0.2, -0.15) is 0 Å². The maximum atomic E-state index is 12.5. The van der Waals surface area contributed by atoms with E-state index in [9.17, 15) is 24.5 Å². The van der Waals surface area contributed by atoms with Crippen LogP contribution in [0.4, 0.5) is 4.79 Å². The highest BCUT2D eigenvalue weighted by Gasteiger charge is 2.31. The van der Waals surface area contributed by atoms with Gasteiger partial charge in [0.15, 0.2) is 0 Å². The lowest BCUT2D eigenvalue weighted by Crippen LogP contribution is -2.47. The van der Waals surface area contributed by atoms with E-state index < -0.39 is 40.5 Å². The highest BCUT2D eigenvalue weighted by molar-refractivity contribution is 5.83. The smallest absolute Gasteiger partial charge is 0.408 e. The Kier molecular flexibility index (Phi) is 8.86. The molecule has 1 atom stereocenters. The van der Waals surface area contributed by atoms with Crippen molar-refractivity contribution in [1.29, 1.82) is 0 Å². The molecule has 1 heterocycles. The van der Waals surface area contributed by atoms with E-state index >= 15 is 0 Å². The van der Waals surface area contributed by atoms with Gasteiger partial charge in [0, 0.05) is 19.5 Å². The Labute approximate surface area is 176 Å². The van der Waals surface area contributed by atoms with Crippen LogP contribution < -0.4 is 5.32 Å². The second-order valence-corrected chi connectivity index (χ2v) is 9.18. The first-order valence-electron chi connectivity index (χ1n) is 9.97. The molecular formula is C19H33N3O8. The molecule has 0 bridgehead atoms. The van der Waals surface area contributed by atoms with Gasteiger partial charge in [-0.1, -0.05) is 0 Å². The first-order chi connectivity index (χ1) is 13.7. The number of nitrogens with zero attached hydrogens (tertiary/aromatic N) is 2. The minimum atomic E-state index is -1.04. The number of hydrogen-bond donors (Lipinski definition) is 1. The standard InChI is InChI=1S/C19H33N3O8/c1-18(2,3)28-16(24)14(20-17(25)29-19(4,5)6)7-8-15(23)21-11-9-13(10-12-21)30-22(26)27/h13-14H,7-12H2,1-6H3,(H,20,25)/t14-/m0/s1. The summed E-state index contributed by atoms with van der Waals surface area (Å²) >= 11 is 0. The van der Waals surface area contributed by atoms with Crippen LogP contribution in [-0.4, -0.2) is 64.4 Å². The van der Waals surface area contributed by atoms with Crippen LogP contribution in [0.5, 0.6) is 0 Å². The van der Waals surface area contributed by atoms with Gasteiger partial charge in [0.05, 0.1) is 0 Å². The van der Waals surface area contributed by atoms with Gasteiger partial charge in [-0.3, -0.25) is 4.79 Å². The third kappa shape index (κ3) is 10.3. The van der Waals surface area contributed by atoms with Crippen molar-refractivity contribution in [3.8, 4) is 0 Å². The number of piperidine rings is 1. The van der Waals surface area contributed by atoms with E-state index in [1.165, 1.54) is 0 Å². The number of ether oxygens (including phenoxy) is 2. The highest BCUT2D eigenvalue weighted by atomic mass is 17.0. The first-order valence-corrected chi connectivity index (χ1v) is 9.97. The molecule has 11 nitrogen and oxygen atoms in total. The van der Waals surface area contributed by atoms with Crippen LogP contribution in [0.15, 0.2) is 0 Å². The van der Waals surface area contributed by atoms with Gasteiger partial charge in [-0.05, 0) is 60.8 Å². The molecule has 0 spiro atoms. The monoisotopic (exact) mass is 431 g/mol. The number of nitrogens with one attached hydrogen (secondary N) is 1. The van der Waals surface area contributed by atoms with E-state index in [0.717, 1.165) is 0 Å². The molecule has 2 amide bonds. The van der Waals surface area contributed by atoms with Gasteiger partial charge >= 0.3 is 12.1 Å². The molecule has 0 aromatic carbocycles. The average Bonchev–Trinajstić information content (AvgIpc) is 2.55. The van der Waals surface area contributed by atoms with Crippen LogP contribution in [0.3, 0.4) is 0 Å². The molecule has 0 aromatic heterocycles. The Morgan fingerprint density at radius 1 is 1.07 bits per heavy atom. The van der Waals surface area contributed by atoms with Crippen molar-refractivity contribution in [2.75, 3.05) is 13.1 Å². The second kappa shape index (κ2) is 10.4. The van der Waals surface area contributed by atoms with Crippen LogP contribution in [0.25, 0.3) is 0 Å². The lowest BCUT2D eigenvalue weighted by Gasteiger charge is -2.31. The van der Waals surface area contributed by atoms with Gasteiger partial charge < -0.3 is 24.5 Å². The number of alkyl carbamates (subject to hydrolysis) is 1. The number of carbonyl (C=O) groups excluding carboxylic acids is 3. The number of hydrogen-bond acceptors (Lipinski definition) is 8. The zero-order valence-electron chi connectivity index (χ0n) is 18.6. The normalized spacial score (nSPS) is 16.4. The van der Waals surface area contributed by atoms with Crippen molar-refractivity contribution in [2.24, 2.45) is 0 Å². The lowest BCUT2D eigenvalue weighted by molar-refractivity contribution is -0.769. The van der Waals surface area contributed by atoms with Gasteiger partial charge in [-0.15, -0.1) is 10.1 Å². The van der Waals surface area contributed by atoms with E-state index in [0.29, 0.717) is 25.9 Å². The topological polar surface area (TPSA) is 137 Å². The van der Waals surface area contributed by atoms with Crippen LogP contribution in [0.1, 0.15) is 67.2 Å². The molecule has 30 heavy (non-hydrogen) atoms. The third-order valence-corrected chi connectivity index (χ3v) is 4.06. The predicted octanol–water partition coefficient (Wildman–Crippen LogP) is 2.20. The van der Waals surface area contributed by atoms with Gasteiger partial charge in [-0.25, -0.2) is 9.59 Å². The summed E-state index contributed by atoms with van der Waals surface area (Å²) in [7, 11) is 0. The molecule has 0 radical (unpaired) electrons. The highest BCUT2D eigenvalue weighted by Crippen LogP contribution is 2.17. The van der Waals surface area contributed by atoms with Crippen molar-refractivity contribution in [2.45, 2.75) is 90.6 Å². The summed E-state index contributed by atoms with van der Waals surface area (Å²) in [4.78, 5) is 53.6. The van der Waals surface area contributed by atoms with Crippen molar-refractivity contribution in [3.63, 3.8) is 0 Å². The quantitative estimate of drug-likeness (QED) is 0.368. The molecule has 0 aromatic rings. The van der Waals surface area contributed by atoms with E-state index in [4.69, 9.17) is 9.47 Å². The molecule has 1 saturated heterocycles. The van der Waals surface area contributed by atoms with Crippen LogP contribution >= 0.6 is 0 Å². The molecule has 1 rings (SSSR count). The Morgan fingerprint density at radius 3 is 2.07 bits per heavy atom. The lowest BCUT2D eigenvalue weighted by atomic mass is 10.1. The predicted molar refractivity (Wildman–Crippen MR) is 106 cm³/mol. The van der Waals surface area contributed by atoms with E-state index in [-0.39, 0.29) is 18.7 Å². The molecule has 0 aliphatic carbocycles. The number of likely N-dealkylation sites (tertiary alicyclic amines) is 1. The van der Waals surface area contributed by atoms with Gasteiger partial charge in [0.2, 0.25) is 5.91 Å². The van der Waals surface area contributed by atoms with Crippen molar-refractivity contribution in [3.05, 3.63) is 10.1 Å². The van der Waals surface area contributed by atoms with Crippen molar-refractivity contribution in [1.82, 2.24) is 10.2 Å². The molecule has 172 valence electrons. The molecule has 1 fully saturated rings. The fourth-order valence-electron chi connectivity index (χ4n) is 2.83. The Bertz CT molecular complexity index is 631. The van der Waals surface area contributed by atoms with E-state index in [2.05, 4.69) is 10.2 Å². The molecule has 0 unspecified atom stereocenters. The van der Waals surface area contributed by atoms with Crippen LogP contribution in [-0.2, 0) is 23.9 Å². The minimum Gasteiger partial charge on any atom is -0.458 e. The van der Waals surface area contributed by atoms with E-state index in [1.54, 1.807) is 46.4 Å². The SMILES string of the molecule is CC(C)(C)OC(=O)N[C@@H](CCC(=O)N1CCC(O[N+](=O)[O-])CC1)C(=O)OC(C)(C)C. The maximum Gasteiger partial charge on any atom is 0.408 e. The third-order valence-electron chi connectivity index (χ3n) is 4.06. The number of esters is 1. The fourth-order valence-corrected chi connectivity index (χ4v) is 2.83. The summed E-state index contributed by atoms with van der Waals surface area (Å²) in [6, 6.07) is -1.04. The zero-order valence-corrected chi connectivity index (χ0v) is 18.6. The average molecular weight is 431 g/mol. The molecule has 11 heteroatoms. The van der Waals surface area contributed by atoms with Crippen molar-refractivity contribution < 1.29 is 33.8 Å². The number of rotatable bonds is 7. The molecule has 1 aliphatic rings. The zero-order chi connectivity index (χ0) is 23.1. The van der Waals surface area contributed by atoms with Crippen molar-refractivity contribution >= 4 is 18.0 Å². The second-order valence-electron chi connectivity index (χ2n) is 9.18. The van der Waals surface area contributed by atoms with Gasteiger partial charge in [0.25, 0.3) is 5.09 Å². The molecule has 0 saturated carbocycles. The molecular weight excluding hydrogens is 398 g/mol. The maximum absolute atomic E-state index is 12.5. The Morgan fingerprint density at radius 2 is 1.60 bits per heavy atom. The Balaban J connectivity index is 2.65. The Hall–Kier alpha value is -2.59. The largest absolute Gasteiger partial charge is 0.458 e. The minimum absolute atomic E-state index is 0.000464. The number of amides is 2. The summed E-state index contributed by atoms with van der Waals surface area (Å²) in [6.45, 7) is 10.9. The molecule has 1 aliphatic heterocycles. The number of carbonyl (C=O) groups is 3.